The second-order valence-electron chi connectivity index (χ2n) is 5.11. The van der Waals surface area contributed by atoms with Gasteiger partial charge >= 0.3 is 5.97 Å². The van der Waals surface area contributed by atoms with Gasteiger partial charge in [-0.05, 0) is 29.8 Å². The fourth-order valence-electron chi connectivity index (χ4n) is 2.13. The number of benzene rings is 2. The molecule has 0 aliphatic rings. The van der Waals surface area contributed by atoms with Gasteiger partial charge in [-0.25, -0.2) is 4.79 Å². The predicted molar refractivity (Wildman–Crippen MR) is 83.8 cm³/mol. The van der Waals surface area contributed by atoms with Crippen LogP contribution in [0.4, 0.5) is 0 Å². The number of aliphatic hydroxyl groups is 1. The Morgan fingerprint density at radius 2 is 1.83 bits per heavy atom. The van der Waals surface area contributed by atoms with E-state index in [4.69, 9.17) is 14.7 Å². The van der Waals surface area contributed by atoms with E-state index in [0.717, 1.165) is 5.56 Å². The molecule has 5 nitrogen and oxygen atoms in total. The molecule has 1 N–H and O–H groups in total. The molecule has 118 valence electrons. The van der Waals surface area contributed by atoms with Crippen LogP contribution in [0, 0.1) is 11.3 Å². The molecule has 1 atom stereocenters. The molecule has 0 aromatic heterocycles. The number of esters is 1. The lowest BCUT2D eigenvalue weighted by Gasteiger charge is -2.25. The Morgan fingerprint density at radius 3 is 2.39 bits per heavy atom. The minimum absolute atomic E-state index is 0.0802. The van der Waals surface area contributed by atoms with Crippen molar-refractivity contribution in [2.45, 2.75) is 12.0 Å². The van der Waals surface area contributed by atoms with Crippen molar-refractivity contribution < 1.29 is 19.4 Å². The number of hydrogen-bond acceptors (Lipinski definition) is 5. The van der Waals surface area contributed by atoms with Gasteiger partial charge in [0.2, 0.25) is 0 Å². The molecule has 2 rings (SSSR count). The third kappa shape index (κ3) is 4.31. The summed E-state index contributed by atoms with van der Waals surface area (Å²) in [6.07, 6.45) is 0.0802. The standard InChI is InChI=1S/C18H17NO4/c1-22-17(20)18(21,11-14-5-3-2-4-6-14)13-23-16-9-7-15(12-19)8-10-16/h2-10,21H,11,13H2,1H3. The van der Waals surface area contributed by atoms with Gasteiger partial charge in [-0.3, -0.25) is 0 Å². The van der Waals surface area contributed by atoms with E-state index in [1.165, 1.54) is 7.11 Å². The molecule has 0 bridgehead atoms. The van der Waals surface area contributed by atoms with Crippen molar-refractivity contribution in [1.29, 1.82) is 5.26 Å². The largest absolute Gasteiger partial charge is 0.490 e. The number of ether oxygens (including phenoxy) is 2. The number of nitriles is 1. The first-order valence-corrected chi connectivity index (χ1v) is 7.05. The molecule has 0 amide bonds. The highest BCUT2D eigenvalue weighted by atomic mass is 16.6. The van der Waals surface area contributed by atoms with Crippen LogP contribution >= 0.6 is 0 Å². The second kappa shape index (κ2) is 7.43. The van der Waals surface area contributed by atoms with Crippen LogP contribution in [-0.2, 0) is 16.0 Å². The van der Waals surface area contributed by atoms with Crippen molar-refractivity contribution in [2.75, 3.05) is 13.7 Å². The maximum atomic E-state index is 12.0. The van der Waals surface area contributed by atoms with Gasteiger partial charge in [0, 0.05) is 6.42 Å². The van der Waals surface area contributed by atoms with E-state index in [-0.39, 0.29) is 13.0 Å². The van der Waals surface area contributed by atoms with E-state index in [2.05, 4.69) is 0 Å². The number of hydrogen-bond donors (Lipinski definition) is 1. The Balaban J connectivity index is 2.11. The molecule has 1 unspecified atom stereocenters. The third-order valence-corrected chi connectivity index (χ3v) is 3.37. The van der Waals surface area contributed by atoms with E-state index in [0.29, 0.717) is 11.3 Å². The minimum atomic E-state index is -1.79. The molecule has 23 heavy (non-hydrogen) atoms. The third-order valence-electron chi connectivity index (χ3n) is 3.37. The highest BCUT2D eigenvalue weighted by Crippen LogP contribution is 2.19. The fourth-order valence-corrected chi connectivity index (χ4v) is 2.13. The molecule has 0 spiro atoms. The zero-order chi connectivity index (χ0) is 16.7. The summed E-state index contributed by atoms with van der Waals surface area (Å²) < 4.78 is 10.2. The van der Waals surface area contributed by atoms with E-state index < -0.39 is 11.6 Å². The highest BCUT2D eigenvalue weighted by Gasteiger charge is 2.38. The maximum absolute atomic E-state index is 12.0. The summed E-state index contributed by atoms with van der Waals surface area (Å²) in [5, 5.41) is 19.4. The van der Waals surface area contributed by atoms with Gasteiger partial charge in [0.15, 0.2) is 5.60 Å². The first-order chi connectivity index (χ1) is 11.1. The molecule has 0 saturated heterocycles. The lowest BCUT2D eigenvalue weighted by Crippen LogP contribution is -2.47. The highest BCUT2D eigenvalue weighted by molar-refractivity contribution is 5.79. The van der Waals surface area contributed by atoms with Crippen LogP contribution in [0.2, 0.25) is 0 Å². The van der Waals surface area contributed by atoms with E-state index >= 15 is 0 Å². The van der Waals surface area contributed by atoms with Gasteiger partial charge in [-0.2, -0.15) is 5.26 Å². The van der Waals surface area contributed by atoms with Gasteiger partial charge in [-0.1, -0.05) is 30.3 Å². The van der Waals surface area contributed by atoms with Gasteiger partial charge in [0.1, 0.15) is 12.4 Å². The summed E-state index contributed by atoms with van der Waals surface area (Å²) >= 11 is 0. The predicted octanol–water partition coefficient (Wildman–Crippen LogP) is 2.08. The Morgan fingerprint density at radius 1 is 1.17 bits per heavy atom. The van der Waals surface area contributed by atoms with Gasteiger partial charge in [0.05, 0.1) is 18.7 Å². The fraction of sp³-hybridized carbons (Fsp3) is 0.222. The molecule has 0 aliphatic heterocycles. The summed E-state index contributed by atoms with van der Waals surface area (Å²) in [5.74, 6) is -0.297. The van der Waals surface area contributed by atoms with E-state index in [9.17, 15) is 9.90 Å². The summed E-state index contributed by atoms with van der Waals surface area (Å²) in [4.78, 5) is 12.0. The lowest BCUT2D eigenvalue weighted by molar-refractivity contribution is -0.165. The van der Waals surface area contributed by atoms with Crippen LogP contribution in [0.25, 0.3) is 0 Å². The van der Waals surface area contributed by atoms with E-state index in [1.807, 2.05) is 36.4 Å². The van der Waals surface area contributed by atoms with Crippen molar-refractivity contribution in [2.24, 2.45) is 0 Å². The number of rotatable bonds is 6. The molecule has 0 heterocycles. The topological polar surface area (TPSA) is 79.6 Å². The Kier molecular flexibility index (Phi) is 5.34. The van der Waals surface area contributed by atoms with Crippen molar-refractivity contribution in [1.82, 2.24) is 0 Å². The maximum Gasteiger partial charge on any atom is 0.341 e. The smallest absolute Gasteiger partial charge is 0.341 e. The van der Waals surface area contributed by atoms with Crippen LogP contribution in [0.1, 0.15) is 11.1 Å². The molecular formula is C18H17NO4. The average molecular weight is 311 g/mol. The molecule has 2 aromatic carbocycles. The van der Waals surface area contributed by atoms with Gasteiger partial charge in [-0.15, -0.1) is 0 Å². The van der Waals surface area contributed by atoms with E-state index in [1.54, 1.807) is 24.3 Å². The summed E-state index contributed by atoms with van der Waals surface area (Å²) in [5.41, 5.74) is -0.488. The first-order valence-electron chi connectivity index (χ1n) is 7.05. The Bertz CT molecular complexity index is 691. The van der Waals surface area contributed by atoms with Crippen LogP contribution in [0.3, 0.4) is 0 Å². The van der Waals surface area contributed by atoms with Crippen LogP contribution in [0.15, 0.2) is 54.6 Å². The summed E-state index contributed by atoms with van der Waals surface area (Å²) in [7, 11) is 1.22. The lowest BCUT2D eigenvalue weighted by atomic mass is 9.95. The zero-order valence-corrected chi connectivity index (χ0v) is 12.7. The Hall–Kier alpha value is -2.84. The zero-order valence-electron chi connectivity index (χ0n) is 12.7. The average Bonchev–Trinajstić information content (AvgIpc) is 2.60. The van der Waals surface area contributed by atoms with Crippen LogP contribution in [0.5, 0.6) is 5.75 Å². The molecule has 0 radical (unpaired) electrons. The molecule has 0 saturated carbocycles. The van der Waals surface area contributed by atoms with Crippen molar-refractivity contribution in [3.63, 3.8) is 0 Å². The van der Waals surface area contributed by atoms with Crippen molar-refractivity contribution in [3.05, 3.63) is 65.7 Å². The number of carbonyl (C=O) groups excluding carboxylic acids is 1. The number of carbonyl (C=O) groups is 1. The van der Waals surface area contributed by atoms with Crippen molar-refractivity contribution in [3.8, 4) is 11.8 Å². The van der Waals surface area contributed by atoms with Gasteiger partial charge in [0.25, 0.3) is 0 Å². The molecule has 0 fully saturated rings. The molecule has 5 heteroatoms. The van der Waals surface area contributed by atoms with Gasteiger partial charge < -0.3 is 14.6 Å². The normalized spacial score (nSPS) is 12.7. The SMILES string of the molecule is COC(=O)C(O)(COc1ccc(C#N)cc1)Cc1ccccc1. The second-order valence-corrected chi connectivity index (χ2v) is 5.11. The summed E-state index contributed by atoms with van der Waals surface area (Å²) in [6.45, 7) is -0.250. The molecule has 0 aliphatic carbocycles. The first kappa shape index (κ1) is 16.5. The van der Waals surface area contributed by atoms with Crippen LogP contribution < -0.4 is 4.74 Å². The summed E-state index contributed by atoms with van der Waals surface area (Å²) in [6, 6.07) is 17.6. The number of nitrogens with zero attached hydrogens (tertiary/aromatic N) is 1. The van der Waals surface area contributed by atoms with Crippen molar-refractivity contribution >= 4 is 5.97 Å². The molecule has 2 aromatic rings. The monoisotopic (exact) mass is 311 g/mol. The molecular weight excluding hydrogens is 294 g/mol. The quantitative estimate of drug-likeness (QED) is 0.826. The minimum Gasteiger partial charge on any atom is -0.490 e. The Labute approximate surface area is 134 Å². The number of methoxy groups -OCH3 is 1. The van der Waals surface area contributed by atoms with Crippen LogP contribution in [-0.4, -0.2) is 30.4 Å².